The first kappa shape index (κ1) is 54.5. The summed E-state index contributed by atoms with van der Waals surface area (Å²) in [5, 5.41) is 47.5. The topological polar surface area (TPSA) is 444 Å². The third kappa shape index (κ3) is 18.2. The summed E-state index contributed by atoms with van der Waals surface area (Å²) in [6.07, 6.45) is 1.16. The van der Waals surface area contributed by atoms with Crippen LogP contribution >= 0.6 is 0 Å². The molecule has 7 amide bonds. The summed E-state index contributed by atoms with van der Waals surface area (Å²) in [5.74, 6) is -6.53. The lowest BCUT2D eigenvalue weighted by molar-refractivity contribution is -0.149. The third-order valence-electron chi connectivity index (χ3n) is 10.7. The summed E-state index contributed by atoms with van der Waals surface area (Å²) >= 11 is 0. The Balaban J connectivity index is 2.24. The van der Waals surface area contributed by atoms with Gasteiger partial charge in [-0.1, -0.05) is 0 Å². The standard InChI is InChI=1S/C37H71N15O11/c1-20(28(55)49-24(10-5-15-45-37(42)43)34(61)52-17-7-12-27(52)35(62)63)46-29(56)23(9-4-14-44-36(40)41)47-30(57)22(8-2-3-13-38)48-31(58)25(19-54)50-32(59)26-11-6-16-51(26)33(60)21(39)18-53/h20-27,36-37,44-45,53-54H,2-19,38-43H2,1H3,(H,46,56)(H,47,57)(H,48,58)(H,49,55)(H,50,59)(H,62,63)/t20-,21-,22-,23-,24-,25-,26-,27-/m0/s1. The lowest BCUT2D eigenvalue weighted by Gasteiger charge is -2.29. The van der Waals surface area contributed by atoms with Crippen LogP contribution in [0.5, 0.6) is 0 Å². The minimum Gasteiger partial charge on any atom is -0.480 e. The number of nitrogens with zero attached hydrogens (tertiary/aromatic N) is 2. The summed E-state index contributed by atoms with van der Waals surface area (Å²) in [6, 6.07) is -9.92. The molecular weight excluding hydrogens is 831 g/mol. The number of nitrogens with one attached hydrogen (secondary N) is 7. The first-order chi connectivity index (χ1) is 29.9. The van der Waals surface area contributed by atoms with Gasteiger partial charge in [0, 0.05) is 13.1 Å². The number of aliphatic hydroxyl groups excluding tert-OH is 2. The van der Waals surface area contributed by atoms with E-state index in [-0.39, 0.29) is 71.2 Å². The summed E-state index contributed by atoms with van der Waals surface area (Å²) in [4.78, 5) is 108. The number of unbranched alkanes of at least 4 members (excludes halogenated alkanes) is 1. The van der Waals surface area contributed by atoms with Crippen LogP contribution in [0.3, 0.4) is 0 Å². The highest BCUT2D eigenvalue weighted by Crippen LogP contribution is 2.20. The number of carbonyl (C=O) groups is 8. The highest BCUT2D eigenvalue weighted by atomic mass is 16.4. The number of hydrogen-bond donors (Lipinski definition) is 16. The van der Waals surface area contributed by atoms with Crippen LogP contribution < -0.4 is 71.6 Å². The molecule has 26 nitrogen and oxygen atoms in total. The highest BCUT2D eigenvalue weighted by molar-refractivity contribution is 5.97. The van der Waals surface area contributed by atoms with Gasteiger partial charge in [-0.3, -0.25) is 44.2 Å². The SMILES string of the molecule is C[C@H](NC(=O)[C@H](CCCNC(N)N)NC(=O)[C@H](CCCCN)NC(=O)[C@H](CO)NC(=O)[C@@H]1CCCN1C(=O)[C@@H](N)CO)C(=O)N[C@@H](CCCNC(N)N)C(=O)N1CCC[C@H]1C(=O)O. The Hall–Kier alpha value is -4.64. The Morgan fingerprint density at radius 3 is 1.57 bits per heavy atom. The van der Waals surface area contributed by atoms with Crippen LogP contribution in [0.4, 0.5) is 0 Å². The van der Waals surface area contributed by atoms with Crippen molar-refractivity contribution in [1.29, 1.82) is 0 Å². The predicted octanol–water partition coefficient (Wildman–Crippen LogP) is -7.92. The summed E-state index contributed by atoms with van der Waals surface area (Å²) < 4.78 is 0. The van der Waals surface area contributed by atoms with Gasteiger partial charge in [0.25, 0.3) is 0 Å². The van der Waals surface area contributed by atoms with Crippen LogP contribution in [0.2, 0.25) is 0 Å². The average molecular weight is 902 g/mol. The number of carbonyl (C=O) groups excluding carboxylic acids is 7. The Kier molecular flexibility index (Phi) is 24.4. The second kappa shape index (κ2) is 28.2. The van der Waals surface area contributed by atoms with Gasteiger partial charge in [-0.15, -0.1) is 0 Å². The molecule has 0 spiro atoms. The second-order valence-electron chi connectivity index (χ2n) is 15.7. The van der Waals surface area contributed by atoms with Gasteiger partial charge < -0.3 is 86.1 Å². The van der Waals surface area contributed by atoms with Crippen molar-refractivity contribution in [1.82, 2.24) is 47.0 Å². The number of likely N-dealkylation sites (tertiary alicyclic amines) is 2. The first-order valence-corrected chi connectivity index (χ1v) is 21.4. The van der Waals surface area contributed by atoms with Crippen LogP contribution in [-0.4, -0.2) is 179 Å². The zero-order valence-corrected chi connectivity index (χ0v) is 36.0. The number of carboxylic acid groups (broad SMARTS) is 1. The van der Waals surface area contributed by atoms with E-state index in [9.17, 15) is 53.7 Å². The van der Waals surface area contributed by atoms with E-state index in [4.69, 9.17) is 34.4 Å². The summed E-state index contributed by atoms with van der Waals surface area (Å²) in [7, 11) is 0. The maximum absolute atomic E-state index is 13.9. The fraction of sp³-hybridized carbons (Fsp3) is 0.784. The van der Waals surface area contributed by atoms with Gasteiger partial charge in [0.2, 0.25) is 41.4 Å². The third-order valence-corrected chi connectivity index (χ3v) is 10.7. The molecule has 0 aromatic carbocycles. The fourth-order valence-corrected chi connectivity index (χ4v) is 7.20. The second-order valence-corrected chi connectivity index (χ2v) is 15.7. The van der Waals surface area contributed by atoms with Crippen molar-refractivity contribution in [2.75, 3.05) is 45.9 Å². The Bertz CT molecular complexity index is 1530. The molecule has 360 valence electrons. The van der Waals surface area contributed by atoms with Gasteiger partial charge in [0.15, 0.2) is 0 Å². The van der Waals surface area contributed by atoms with Gasteiger partial charge in [-0.05, 0) is 97.2 Å². The minimum atomic E-state index is -1.55. The van der Waals surface area contributed by atoms with Crippen molar-refractivity contribution in [3.05, 3.63) is 0 Å². The Morgan fingerprint density at radius 1 is 0.587 bits per heavy atom. The van der Waals surface area contributed by atoms with Crippen LogP contribution in [0, 0.1) is 0 Å². The Morgan fingerprint density at radius 2 is 1.06 bits per heavy atom. The van der Waals surface area contributed by atoms with Gasteiger partial charge in [-0.25, -0.2) is 4.79 Å². The Labute approximate surface area is 366 Å². The molecule has 0 bridgehead atoms. The molecule has 2 aliphatic rings. The van der Waals surface area contributed by atoms with E-state index < -0.39 is 121 Å². The number of aliphatic carboxylic acids is 1. The van der Waals surface area contributed by atoms with Crippen LogP contribution in [0.15, 0.2) is 0 Å². The quantitative estimate of drug-likeness (QED) is 0.0245. The van der Waals surface area contributed by atoms with E-state index in [1.807, 2.05) is 0 Å². The number of carboxylic acids is 1. The fourth-order valence-electron chi connectivity index (χ4n) is 7.20. The minimum absolute atomic E-state index is 0.0100. The van der Waals surface area contributed by atoms with Crippen molar-refractivity contribution in [2.45, 2.75) is 138 Å². The molecule has 2 fully saturated rings. The molecule has 8 atom stereocenters. The number of nitrogens with two attached hydrogens (primary N) is 6. The first-order valence-electron chi connectivity index (χ1n) is 21.4. The molecule has 0 aromatic heterocycles. The molecule has 63 heavy (non-hydrogen) atoms. The molecule has 0 radical (unpaired) electrons. The van der Waals surface area contributed by atoms with Gasteiger partial charge in [0.05, 0.1) is 13.2 Å². The van der Waals surface area contributed by atoms with Crippen molar-refractivity contribution in [3.8, 4) is 0 Å². The van der Waals surface area contributed by atoms with Gasteiger partial charge >= 0.3 is 5.97 Å². The smallest absolute Gasteiger partial charge is 0.326 e. The number of amides is 7. The summed E-state index contributed by atoms with van der Waals surface area (Å²) in [5.41, 5.74) is 33.6. The predicted molar refractivity (Wildman–Crippen MR) is 226 cm³/mol. The molecule has 0 aromatic rings. The van der Waals surface area contributed by atoms with Gasteiger partial charge in [0.1, 0.15) is 60.9 Å². The van der Waals surface area contributed by atoms with Crippen molar-refractivity contribution in [3.63, 3.8) is 0 Å². The molecule has 0 saturated carbocycles. The molecule has 2 rings (SSSR count). The van der Waals surface area contributed by atoms with Crippen molar-refractivity contribution in [2.24, 2.45) is 34.4 Å². The zero-order chi connectivity index (χ0) is 47.2. The maximum Gasteiger partial charge on any atom is 0.326 e. The maximum atomic E-state index is 13.9. The monoisotopic (exact) mass is 902 g/mol. The van der Waals surface area contributed by atoms with E-state index in [0.29, 0.717) is 32.1 Å². The van der Waals surface area contributed by atoms with Crippen LogP contribution in [0.1, 0.15) is 77.6 Å². The molecular formula is C37H71N15O11. The number of hydrogen-bond acceptors (Lipinski definition) is 18. The number of aliphatic hydroxyl groups is 2. The van der Waals surface area contributed by atoms with E-state index in [1.54, 1.807) is 0 Å². The summed E-state index contributed by atoms with van der Waals surface area (Å²) in [6.45, 7) is 0.970. The van der Waals surface area contributed by atoms with Crippen molar-refractivity contribution < 1.29 is 53.7 Å². The molecule has 2 saturated heterocycles. The van der Waals surface area contributed by atoms with Crippen LogP contribution in [-0.2, 0) is 38.4 Å². The molecule has 0 aliphatic carbocycles. The van der Waals surface area contributed by atoms with Crippen LogP contribution in [0.25, 0.3) is 0 Å². The van der Waals surface area contributed by atoms with E-state index in [1.165, 1.54) is 16.7 Å². The van der Waals surface area contributed by atoms with Gasteiger partial charge in [-0.2, -0.15) is 0 Å². The molecule has 0 unspecified atom stereocenters. The molecule has 22 N–H and O–H groups in total. The zero-order valence-electron chi connectivity index (χ0n) is 36.0. The lowest BCUT2D eigenvalue weighted by Crippen LogP contribution is -2.60. The largest absolute Gasteiger partial charge is 0.480 e. The van der Waals surface area contributed by atoms with E-state index in [2.05, 4.69) is 37.2 Å². The van der Waals surface area contributed by atoms with E-state index in [0.717, 1.165) is 0 Å². The number of rotatable bonds is 29. The molecule has 2 heterocycles. The van der Waals surface area contributed by atoms with Crippen molar-refractivity contribution >= 4 is 47.3 Å². The molecule has 2 aliphatic heterocycles. The van der Waals surface area contributed by atoms with E-state index >= 15 is 0 Å². The highest BCUT2D eigenvalue weighted by Gasteiger charge is 2.40. The normalized spacial score (nSPS) is 19.2. The lowest BCUT2D eigenvalue weighted by atomic mass is 10.0. The molecule has 26 heteroatoms. The average Bonchev–Trinajstić information content (AvgIpc) is 3.95.